The summed E-state index contributed by atoms with van der Waals surface area (Å²) in [5.74, 6) is 1.12. The monoisotopic (exact) mass is 458 g/mol. The Balaban J connectivity index is 1.63. The molecule has 0 saturated heterocycles. The molecule has 34 heavy (non-hydrogen) atoms. The summed E-state index contributed by atoms with van der Waals surface area (Å²) >= 11 is 0. The molecule has 2 N–H and O–H groups in total. The number of ether oxygens (including phenoxy) is 1. The van der Waals surface area contributed by atoms with Gasteiger partial charge in [-0.05, 0) is 40.8 Å². The van der Waals surface area contributed by atoms with Gasteiger partial charge >= 0.3 is 0 Å². The summed E-state index contributed by atoms with van der Waals surface area (Å²) in [6, 6.07) is 15.3. The zero-order valence-electron chi connectivity index (χ0n) is 19.9. The average molecular weight is 459 g/mol. The number of aliphatic hydroxyl groups excluding tert-OH is 1. The van der Waals surface area contributed by atoms with Crippen LogP contribution in [0.5, 0.6) is 5.75 Å². The van der Waals surface area contributed by atoms with Gasteiger partial charge in [-0.2, -0.15) is 0 Å². The average Bonchev–Trinajstić information content (AvgIpc) is 2.86. The standard InChI is InChI=1S/C27H30N4O3/c1-17(2)21-7-5-8-22-18(3)26(33)23(30-25(21)22)15-24(32)31(27-28-13-6-14-29-27)16-19-9-11-20(34-4)12-10-19/h5-14,17-18,30,33H,15-16H2,1-4H3. The van der Waals surface area contributed by atoms with Crippen molar-refractivity contribution in [1.82, 2.24) is 9.97 Å². The van der Waals surface area contributed by atoms with Gasteiger partial charge in [0, 0.05) is 24.0 Å². The van der Waals surface area contributed by atoms with Crippen LogP contribution in [-0.2, 0) is 11.3 Å². The molecule has 4 rings (SSSR count). The molecule has 1 aliphatic rings. The normalized spacial score (nSPS) is 15.0. The lowest BCUT2D eigenvalue weighted by molar-refractivity contribution is -0.118. The molecule has 2 heterocycles. The molecule has 1 amide bonds. The summed E-state index contributed by atoms with van der Waals surface area (Å²) in [5.41, 5.74) is 4.58. The number of methoxy groups -OCH3 is 1. The molecule has 0 aliphatic carbocycles. The molecule has 7 heteroatoms. The first-order valence-corrected chi connectivity index (χ1v) is 11.4. The predicted octanol–water partition coefficient (Wildman–Crippen LogP) is 5.53. The number of amides is 1. The van der Waals surface area contributed by atoms with Gasteiger partial charge in [-0.25, -0.2) is 9.97 Å². The Labute approximate surface area is 200 Å². The zero-order chi connectivity index (χ0) is 24.2. The first kappa shape index (κ1) is 23.3. The van der Waals surface area contributed by atoms with Crippen molar-refractivity contribution in [2.75, 3.05) is 17.3 Å². The highest BCUT2D eigenvalue weighted by atomic mass is 16.5. The Morgan fingerprint density at radius 2 is 1.82 bits per heavy atom. The van der Waals surface area contributed by atoms with Crippen LogP contribution in [0.4, 0.5) is 11.6 Å². The highest BCUT2D eigenvalue weighted by Gasteiger charge is 2.29. The van der Waals surface area contributed by atoms with E-state index in [9.17, 15) is 9.90 Å². The van der Waals surface area contributed by atoms with Crippen molar-refractivity contribution in [3.8, 4) is 5.75 Å². The second-order valence-electron chi connectivity index (χ2n) is 8.73. The van der Waals surface area contributed by atoms with E-state index < -0.39 is 0 Å². The number of nitrogens with one attached hydrogen (secondary N) is 1. The van der Waals surface area contributed by atoms with Crippen LogP contribution in [0, 0.1) is 0 Å². The van der Waals surface area contributed by atoms with Crippen molar-refractivity contribution in [3.05, 3.63) is 89.1 Å². The van der Waals surface area contributed by atoms with Crippen molar-refractivity contribution in [2.45, 2.75) is 45.6 Å². The molecule has 1 atom stereocenters. The lowest BCUT2D eigenvalue weighted by atomic mass is 9.87. The quantitative estimate of drug-likeness (QED) is 0.484. The van der Waals surface area contributed by atoms with Crippen molar-refractivity contribution in [3.63, 3.8) is 0 Å². The first-order chi connectivity index (χ1) is 16.4. The van der Waals surface area contributed by atoms with Gasteiger partial charge in [0.15, 0.2) is 0 Å². The Morgan fingerprint density at radius 3 is 2.47 bits per heavy atom. The molecule has 0 spiro atoms. The summed E-state index contributed by atoms with van der Waals surface area (Å²) in [4.78, 5) is 23.7. The summed E-state index contributed by atoms with van der Waals surface area (Å²) in [6.07, 6.45) is 3.22. The fourth-order valence-electron chi connectivity index (χ4n) is 4.19. The van der Waals surface area contributed by atoms with Gasteiger partial charge in [0.1, 0.15) is 11.5 Å². The predicted molar refractivity (Wildman–Crippen MR) is 133 cm³/mol. The van der Waals surface area contributed by atoms with E-state index in [1.807, 2.05) is 43.3 Å². The number of benzene rings is 2. The maximum absolute atomic E-state index is 13.6. The van der Waals surface area contributed by atoms with E-state index >= 15 is 0 Å². The number of carbonyl (C=O) groups is 1. The summed E-state index contributed by atoms with van der Waals surface area (Å²) in [6.45, 7) is 6.52. The number of carbonyl (C=O) groups excluding carboxylic acids is 1. The third-order valence-corrected chi connectivity index (χ3v) is 6.14. The number of nitrogens with zero attached hydrogens (tertiary/aromatic N) is 3. The molecule has 3 aromatic rings. The van der Waals surface area contributed by atoms with Gasteiger partial charge in [0.25, 0.3) is 0 Å². The van der Waals surface area contributed by atoms with Crippen LogP contribution in [0.1, 0.15) is 55.7 Å². The van der Waals surface area contributed by atoms with Gasteiger partial charge < -0.3 is 15.2 Å². The minimum atomic E-state index is -0.214. The molecule has 2 aromatic carbocycles. The second-order valence-corrected chi connectivity index (χ2v) is 8.73. The fourth-order valence-corrected chi connectivity index (χ4v) is 4.19. The molecule has 0 radical (unpaired) electrons. The maximum Gasteiger partial charge on any atom is 0.235 e. The molecule has 1 aromatic heterocycles. The Morgan fingerprint density at radius 1 is 1.12 bits per heavy atom. The van der Waals surface area contributed by atoms with Crippen molar-refractivity contribution >= 4 is 17.5 Å². The number of aromatic nitrogens is 2. The van der Waals surface area contributed by atoms with E-state index in [2.05, 4.69) is 35.2 Å². The highest BCUT2D eigenvalue weighted by molar-refractivity contribution is 5.94. The third-order valence-electron chi connectivity index (χ3n) is 6.14. The molecule has 176 valence electrons. The minimum absolute atomic E-state index is 0.00352. The topological polar surface area (TPSA) is 87.6 Å². The first-order valence-electron chi connectivity index (χ1n) is 11.4. The SMILES string of the molecule is COc1ccc(CN(C(=O)CC2=C(O)C(C)c3cccc(C(C)C)c3N2)c2ncccn2)cc1. The Bertz CT molecular complexity index is 1190. The number of hydrogen-bond acceptors (Lipinski definition) is 6. The van der Waals surface area contributed by atoms with E-state index in [4.69, 9.17) is 4.74 Å². The van der Waals surface area contributed by atoms with Crippen LogP contribution in [-0.4, -0.2) is 28.1 Å². The number of para-hydroxylation sites is 1. The van der Waals surface area contributed by atoms with Gasteiger partial charge in [-0.15, -0.1) is 0 Å². The van der Waals surface area contributed by atoms with E-state index in [1.165, 1.54) is 4.90 Å². The number of rotatable bonds is 7. The smallest absolute Gasteiger partial charge is 0.235 e. The van der Waals surface area contributed by atoms with Crippen LogP contribution in [0.2, 0.25) is 0 Å². The molecular weight excluding hydrogens is 428 g/mol. The number of aliphatic hydroxyl groups is 1. The second kappa shape index (κ2) is 9.95. The number of anilines is 2. The van der Waals surface area contributed by atoms with Crippen LogP contribution < -0.4 is 15.0 Å². The Kier molecular flexibility index (Phi) is 6.82. The zero-order valence-corrected chi connectivity index (χ0v) is 19.9. The summed E-state index contributed by atoms with van der Waals surface area (Å²) in [7, 11) is 1.61. The van der Waals surface area contributed by atoms with E-state index in [-0.39, 0.29) is 24.0 Å². The summed E-state index contributed by atoms with van der Waals surface area (Å²) in [5, 5.41) is 14.3. The molecule has 0 fully saturated rings. The highest BCUT2D eigenvalue weighted by Crippen LogP contribution is 2.41. The van der Waals surface area contributed by atoms with E-state index in [1.54, 1.807) is 25.6 Å². The van der Waals surface area contributed by atoms with Gasteiger partial charge in [-0.1, -0.05) is 51.1 Å². The van der Waals surface area contributed by atoms with E-state index in [0.29, 0.717) is 24.1 Å². The molecule has 0 saturated carbocycles. The van der Waals surface area contributed by atoms with Gasteiger partial charge in [0.05, 0.1) is 25.8 Å². The molecular formula is C27H30N4O3. The summed E-state index contributed by atoms with van der Waals surface area (Å²) < 4.78 is 5.24. The maximum atomic E-state index is 13.6. The fraction of sp³-hybridized carbons (Fsp3) is 0.296. The number of fused-ring (bicyclic) bond motifs is 1. The minimum Gasteiger partial charge on any atom is -0.510 e. The van der Waals surface area contributed by atoms with Gasteiger partial charge in [0.2, 0.25) is 11.9 Å². The molecule has 0 bridgehead atoms. The lowest BCUT2D eigenvalue weighted by Gasteiger charge is -2.30. The molecule has 1 aliphatic heterocycles. The third kappa shape index (κ3) is 4.73. The van der Waals surface area contributed by atoms with Crippen molar-refractivity contribution in [1.29, 1.82) is 0 Å². The lowest BCUT2D eigenvalue weighted by Crippen LogP contribution is -2.33. The van der Waals surface area contributed by atoms with E-state index in [0.717, 1.165) is 28.1 Å². The molecule has 7 nitrogen and oxygen atoms in total. The van der Waals surface area contributed by atoms with Crippen LogP contribution in [0.3, 0.4) is 0 Å². The Hall–Kier alpha value is -3.87. The van der Waals surface area contributed by atoms with Crippen molar-refractivity contribution in [2.24, 2.45) is 0 Å². The molecule has 1 unspecified atom stereocenters. The van der Waals surface area contributed by atoms with Crippen LogP contribution >= 0.6 is 0 Å². The van der Waals surface area contributed by atoms with Gasteiger partial charge in [-0.3, -0.25) is 9.69 Å². The van der Waals surface area contributed by atoms with Crippen molar-refractivity contribution < 1.29 is 14.6 Å². The van der Waals surface area contributed by atoms with Crippen LogP contribution in [0.15, 0.2) is 72.4 Å². The number of hydrogen-bond donors (Lipinski definition) is 2. The largest absolute Gasteiger partial charge is 0.510 e. The van der Waals surface area contributed by atoms with Crippen LogP contribution in [0.25, 0.3) is 0 Å². The number of allylic oxidation sites excluding steroid dienone is 1.